The Labute approximate surface area is 166 Å². The Hall–Kier alpha value is -3.41. The third-order valence-electron chi connectivity index (χ3n) is 4.20. The van der Waals surface area contributed by atoms with Crippen LogP contribution in [-0.4, -0.2) is 51.4 Å². The molecule has 1 aliphatic heterocycles. The molecule has 0 saturated carbocycles. The van der Waals surface area contributed by atoms with Crippen molar-refractivity contribution in [3.05, 3.63) is 42.2 Å². The van der Waals surface area contributed by atoms with Crippen LogP contribution in [0.3, 0.4) is 0 Å². The highest BCUT2D eigenvalue weighted by atomic mass is 32.1. The van der Waals surface area contributed by atoms with Crippen LogP contribution in [0.25, 0.3) is 15.4 Å². The molecule has 29 heavy (non-hydrogen) atoms. The third-order valence-corrected chi connectivity index (χ3v) is 5.30. The zero-order chi connectivity index (χ0) is 20.5. The van der Waals surface area contributed by atoms with Crippen LogP contribution in [0.5, 0.6) is 0 Å². The van der Waals surface area contributed by atoms with Crippen molar-refractivity contribution in [2.45, 2.75) is 13.0 Å². The van der Waals surface area contributed by atoms with E-state index >= 15 is 0 Å². The molecular formula is C17H14F2N6O3S. The van der Waals surface area contributed by atoms with Crippen LogP contribution < -0.4 is 10.2 Å². The number of benzene rings is 1. The molecule has 0 radical (unpaired) electrons. The highest BCUT2D eigenvalue weighted by Gasteiger charge is 2.33. The molecule has 150 valence electrons. The quantitative estimate of drug-likeness (QED) is 0.679. The topological polar surface area (TPSA) is 102 Å². The lowest BCUT2D eigenvalue weighted by Crippen LogP contribution is -2.33. The van der Waals surface area contributed by atoms with Crippen molar-refractivity contribution in [2.24, 2.45) is 0 Å². The molecule has 1 unspecified atom stereocenters. The van der Waals surface area contributed by atoms with Gasteiger partial charge in [-0.1, -0.05) is 0 Å². The second-order valence-electron chi connectivity index (χ2n) is 6.23. The lowest BCUT2D eigenvalue weighted by Gasteiger charge is -2.15. The molecule has 2 amide bonds. The summed E-state index contributed by atoms with van der Waals surface area (Å²) in [6.45, 7) is 1.53. The number of amides is 2. The molecule has 0 spiro atoms. The van der Waals surface area contributed by atoms with Gasteiger partial charge in [-0.15, -0.1) is 16.4 Å². The fourth-order valence-electron chi connectivity index (χ4n) is 2.89. The molecule has 0 aliphatic carbocycles. The second kappa shape index (κ2) is 7.54. The van der Waals surface area contributed by atoms with Gasteiger partial charge < -0.3 is 10.1 Å². The van der Waals surface area contributed by atoms with Crippen LogP contribution in [0, 0.1) is 11.6 Å². The fourth-order valence-corrected chi connectivity index (χ4v) is 3.87. The number of carbonyl (C=O) groups excluding carboxylic acids is 2. The van der Waals surface area contributed by atoms with Gasteiger partial charge in [0.05, 0.1) is 24.3 Å². The number of ether oxygens (including phenoxy) is 1. The molecule has 1 saturated heterocycles. The van der Waals surface area contributed by atoms with Gasteiger partial charge in [-0.25, -0.2) is 13.6 Å². The smallest absolute Gasteiger partial charge is 0.414 e. The molecule has 1 fully saturated rings. The minimum atomic E-state index is -0.816. The van der Waals surface area contributed by atoms with E-state index in [-0.39, 0.29) is 30.2 Å². The minimum absolute atomic E-state index is 0.0383. The molecule has 1 atom stereocenters. The number of nitrogens with one attached hydrogen (secondary N) is 1. The zero-order valence-electron chi connectivity index (χ0n) is 15.0. The third kappa shape index (κ3) is 3.78. The van der Waals surface area contributed by atoms with Crippen molar-refractivity contribution < 1.29 is 23.1 Å². The van der Waals surface area contributed by atoms with Crippen LogP contribution in [0.2, 0.25) is 0 Å². The molecule has 1 N–H and O–H groups in total. The minimum Gasteiger partial charge on any atom is -0.442 e. The van der Waals surface area contributed by atoms with E-state index in [2.05, 4.69) is 20.8 Å². The summed E-state index contributed by atoms with van der Waals surface area (Å²) >= 11 is 1.12. The average Bonchev–Trinajstić information content (AvgIpc) is 3.40. The van der Waals surface area contributed by atoms with Gasteiger partial charge in [0.2, 0.25) is 5.91 Å². The van der Waals surface area contributed by atoms with Gasteiger partial charge in [-0.3, -0.25) is 9.69 Å². The molecule has 2 aromatic heterocycles. The summed E-state index contributed by atoms with van der Waals surface area (Å²) in [5, 5.41) is 13.9. The van der Waals surface area contributed by atoms with E-state index in [1.807, 2.05) is 0 Å². The Morgan fingerprint density at radius 2 is 2.10 bits per heavy atom. The van der Waals surface area contributed by atoms with Crippen molar-refractivity contribution in [1.82, 2.24) is 25.5 Å². The van der Waals surface area contributed by atoms with Crippen LogP contribution in [0.1, 0.15) is 6.92 Å². The molecular weight excluding hydrogens is 406 g/mol. The number of rotatable bonds is 5. The van der Waals surface area contributed by atoms with Gasteiger partial charge in [0.1, 0.15) is 29.1 Å². The maximum absolute atomic E-state index is 14.8. The molecule has 12 heteroatoms. The Balaban J connectivity index is 1.58. The number of nitrogens with zero attached hydrogens (tertiary/aromatic N) is 5. The fraction of sp³-hybridized carbons (Fsp3) is 0.235. The van der Waals surface area contributed by atoms with Crippen molar-refractivity contribution in [1.29, 1.82) is 0 Å². The lowest BCUT2D eigenvalue weighted by molar-refractivity contribution is -0.119. The highest BCUT2D eigenvalue weighted by Crippen LogP contribution is 2.36. The summed E-state index contributed by atoms with van der Waals surface area (Å²) in [6, 6.07) is 5.37. The number of halogens is 2. The summed E-state index contributed by atoms with van der Waals surface area (Å²) in [4.78, 5) is 24.5. The van der Waals surface area contributed by atoms with Gasteiger partial charge in [0.15, 0.2) is 0 Å². The largest absolute Gasteiger partial charge is 0.442 e. The van der Waals surface area contributed by atoms with E-state index in [0.29, 0.717) is 9.88 Å². The first-order chi connectivity index (χ1) is 13.9. The van der Waals surface area contributed by atoms with Crippen molar-refractivity contribution in [3.63, 3.8) is 0 Å². The number of thiophene rings is 1. The van der Waals surface area contributed by atoms with Gasteiger partial charge in [-0.05, 0) is 34.7 Å². The second-order valence-corrected chi connectivity index (χ2v) is 7.29. The van der Waals surface area contributed by atoms with Gasteiger partial charge >= 0.3 is 6.09 Å². The van der Waals surface area contributed by atoms with E-state index in [1.165, 1.54) is 17.9 Å². The Morgan fingerprint density at radius 1 is 1.34 bits per heavy atom. The standard InChI is InChI=1S/C17H14F2N6O3S/c1-9(26)20-6-11-7-24(17(27)28-11)10-4-12(18)16(13(19)5-10)14-2-3-15(29-14)25-8-21-22-23-25/h2-5,8,11H,6-7H2,1H3,(H,20,26). The number of aromatic nitrogens is 4. The molecule has 9 nitrogen and oxygen atoms in total. The number of anilines is 1. The molecule has 1 aliphatic rings. The number of hydrogen-bond donors (Lipinski definition) is 1. The predicted octanol–water partition coefficient (Wildman–Crippen LogP) is 2.13. The number of carbonyl (C=O) groups is 2. The van der Waals surface area contributed by atoms with Crippen molar-refractivity contribution in [2.75, 3.05) is 18.0 Å². The first-order valence-electron chi connectivity index (χ1n) is 8.47. The van der Waals surface area contributed by atoms with E-state index in [0.717, 1.165) is 28.4 Å². The summed E-state index contributed by atoms with van der Waals surface area (Å²) < 4.78 is 36.0. The van der Waals surface area contributed by atoms with Crippen LogP contribution in [0.15, 0.2) is 30.6 Å². The Kier molecular flexibility index (Phi) is 4.92. The normalized spacial score (nSPS) is 16.2. The SMILES string of the molecule is CC(=O)NCC1CN(c2cc(F)c(-c3ccc(-n4cnnn4)s3)c(F)c2)C(=O)O1. The summed E-state index contributed by atoms with van der Waals surface area (Å²) in [5.74, 6) is -1.90. The molecule has 3 aromatic rings. The molecule has 4 rings (SSSR count). The number of tetrazole rings is 1. The number of cyclic esters (lactones) is 1. The van der Waals surface area contributed by atoms with Gasteiger partial charge in [-0.2, -0.15) is 4.68 Å². The van der Waals surface area contributed by atoms with Gasteiger partial charge in [0, 0.05) is 11.8 Å². The molecule has 0 bridgehead atoms. The summed E-state index contributed by atoms with van der Waals surface area (Å²) in [7, 11) is 0. The Morgan fingerprint density at radius 3 is 2.76 bits per heavy atom. The monoisotopic (exact) mass is 420 g/mol. The maximum Gasteiger partial charge on any atom is 0.414 e. The van der Waals surface area contributed by atoms with Crippen molar-refractivity contribution in [3.8, 4) is 15.4 Å². The zero-order valence-corrected chi connectivity index (χ0v) is 15.8. The number of hydrogen-bond acceptors (Lipinski definition) is 7. The van der Waals surface area contributed by atoms with Gasteiger partial charge in [0.25, 0.3) is 0 Å². The average molecular weight is 420 g/mol. The highest BCUT2D eigenvalue weighted by molar-refractivity contribution is 7.17. The first kappa shape index (κ1) is 18.9. The first-order valence-corrected chi connectivity index (χ1v) is 9.29. The van der Waals surface area contributed by atoms with Crippen LogP contribution in [0.4, 0.5) is 19.3 Å². The molecule has 1 aromatic carbocycles. The molecule has 3 heterocycles. The Bertz CT molecular complexity index is 1050. The lowest BCUT2D eigenvalue weighted by atomic mass is 10.1. The summed E-state index contributed by atoms with van der Waals surface area (Å²) in [5.41, 5.74) is -0.170. The van der Waals surface area contributed by atoms with E-state index in [4.69, 9.17) is 4.74 Å². The van der Waals surface area contributed by atoms with Crippen molar-refractivity contribution >= 4 is 29.0 Å². The van der Waals surface area contributed by atoms with Crippen LogP contribution >= 0.6 is 11.3 Å². The predicted molar refractivity (Wildman–Crippen MR) is 98.7 cm³/mol. The van der Waals surface area contributed by atoms with E-state index in [9.17, 15) is 18.4 Å². The van der Waals surface area contributed by atoms with Crippen LogP contribution in [-0.2, 0) is 9.53 Å². The van der Waals surface area contributed by atoms with E-state index < -0.39 is 23.8 Å². The maximum atomic E-state index is 14.8. The summed E-state index contributed by atoms with van der Waals surface area (Å²) in [6.07, 6.45) is 0.0410. The van der Waals surface area contributed by atoms with E-state index in [1.54, 1.807) is 12.1 Å².